The first-order valence-electron chi connectivity index (χ1n) is 9.75. The third-order valence-corrected chi connectivity index (χ3v) is 5.66. The molecule has 26 heavy (non-hydrogen) atoms. The van der Waals surface area contributed by atoms with E-state index in [1.807, 2.05) is 26.0 Å². The minimum absolute atomic E-state index is 0.0915. The molecule has 144 valence electrons. The Morgan fingerprint density at radius 1 is 1.19 bits per heavy atom. The second-order valence-corrected chi connectivity index (χ2v) is 8.05. The quantitative estimate of drug-likeness (QED) is 0.676. The molecule has 4 heteroatoms. The first kappa shape index (κ1) is 19.2. The van der Waals surface area contributed by atoms with Crippen molar-refractivity contribution < 1.29 is 19.3 Å². The summed E-state index contributed by atoms with van der Waals surface area (Å²) in [5.41, 5.74) is 2.33. The second-order valence-electron chi connectivity index (χ2n) is 8.05. The molecule has 0 radical (unpaired) electrons. The van der Waals surface area contributed by atoms with Gasteiger partial charge in [-0.05, 0) is 44.7 Å². The molecule has 1 aromatic rings. The maximum absolute atomic E-state index is 10.8. The van der Waals surface area contributed by atoms with Crippen LogP contribution in [0.15, 0.2) is 12.1 Å². The van der Waals surface area contributed by atoms with Crippen LogP contribution in [0.2, 0.25) is 0 Å². The van der Waals surface area contributed by atoms with Crippen LogP contribution in [-0.4, -0.2) is 24.9 Å². The van der Waals surface area contributed by atoms with E-state index in [0.717, 1.165) is 35.3 Å². The molecule has 1 aliphatic carbocycles. The van der Waals surface area contributed by atoms with Gasteiger partial charge in [0.1, 0.15) is 17.1 Å². The Morgan fingerprint density at radius 3 is 2.62 bits per heavy atom. The van der Waals surface area contributed by atoms with Crippen LogP contribution in [0.1, 0.15) is 81.8 Å². The molecule has 1 heterocycles. The average Bonchev–Trinajstić information content (AvgIpc) is 2.61. The Balaban J connectivity index is 2.08. The SMILES string of the molecule is CCCCCC1CC(OC)c2c3c(cc(O)c2C1OC)C=CC(C)(C)O3. The zero-order chi connectivity index (χ0) is 18.9. The van der Waals surface area contributed by atoms with Crippen molar-refractivity contribution in [2.45, 2.75) is 70.7 Å². The van der Waals surface area contributed by atoms with E-state index in [2.05, 4.69) is 6.92 Å². The molecule has 0 bridgehead atoms. The summed E-state index contributed by atoms with van der Waals surface area (Å²) in [6.07, 6.45) is 9.38. The van der Waals surface area contributed by atoms with E-state index >= 15 is 0 Å². The van der Waals surface area contributed by atoms with Gasteiger partial charge in [0.05, 0.1) is 12.2 Å². The van der Waals surface area contributed by atoms with Crippen LogP contribution in [-0.2, 0) is 9.47 Å². The summed E-state index contributed by atoms with van der Waals surface area (Å²) in [4.78, 5) is 0. The van der Waals surface area contributed by atoms with Gasteiger partial charge in [0.25, 0.3) is 0 Å². The number of methoxy groups -OCH3 is 2. The van der Waals surface area contributed by atoms with Gasteiger partial charge in [0, 0.05) is 30.9 Å². The molecular formula is C22H32O4. The molecule has 0 aromatic heterocycles. The van der Waals surface area contributed by atoms with E-state index < -0.39 is 0 Å². The van der Waals surface area contributed by atoms with Crippen molar-refractivity contribution in [3.63, 3.8) is 0 Å². The van der Waals surface area contributed by atoms with Gasteiger partial charge < -0.3 is 19.3 Å². The Labute approximate surface area is 157 Å². The number of rotatable bonds is 6. The molecule has 0 saturated heterocycles. The summed E-state index contributed by atoms with van der Waals surface area (Å²) in [6.45, 7) is 6.29. The summed E-state index contributed by atoms with van der Waals surface area (Å²) in [5.74, 6) is 1.44. The highest BCUT2D eigenvalue weighted by molar-refractivity contribution is 5.69. The Morgan fingerprint density at radius 2 is 1.96 bits per heavy atom. The van der Waals surface area contributed by atoms with Crippen LogP contribution in [0.3, 0.4) is 0 Å². The van der Waals surface area contributed by atoms with Gasteiger partial charge in [0.15, 0.2) is 0 Å². The van der Waals surface area contributed by atoms with Crippen LogP contribution in [0.5, 0.6) is 11.5 Å². The van der Waals surface area contributed by atoms with Gasteiger partial charge in [-0.2, -0.15) is 0 Å². The van der Waals surface area contributed by atoms with Crippen molar-refractivity contribution in [3.8, 4) is 11.5 Å². The van der Waals surface area contributed by atoms with Gasteiger partial charge in [0.2, 0.25) is 0 Å². The first-order chi connectivity index (χ1) is 12.4. The number of fused-ring (bicyclic) bond motifs is 3. The number of ether oxygens (including phenoxy) is 3. The van der Waals surface area contributed by atoms with Crippen LogP contribution in [0.4, 0.5) is 0 Å². The lowest BCUT2D eigenvalue weighted by Crippen LogP contribution is -2.32. The van der Waals surface area contributed by atoms with Gasteiger partial charge in [-0.3, -0.25) is 0 Å². The molecule has 0 spiro atoms. The summed E-state index contributed by atoms with van der Waals surface area (Å²) in [7, 11) is 3.48. The fraction of sp³-hybridized carbons (Fsp3) is 0.636. The molecule has 0 saturated carbocycles. The van der Waals surface area contributed by atoms with Crippen molar-refractivity contribution in [3.05, 3.63) is 28.8 Å². The minimum Gasteiger partial charge on any atom is -0.508 e. The van der Waals surface area contributed by atoms with E-state index in [4.69, 9.17) is 14.2 Å². The molecule has 3 unspecified atom stereocenters. The number of benzene rings is 1. The highest BCUT2D eigenvalue weighted by Gasteiger charge is 2.41. The van der Waals surface area contributed by atoms with E-state index in [1.165, 1.54) is 19.3 Å². The highest BCUT2D eigenvalue weighted by Crippen LogP contribution is 2.54. The number of hydrogen-bond donors (Lipinski definition) is 1. The standard InChI is InChI=1S/C22H32O4/c1-6-7-8-9-14-13-17(24-4)19-18(20(14)25-5)16(23)12-15-10-11-22(2,3)26-21(15)19/h10-12,14,17,20,23H,6-9,13H2,1-5H3. The average molecular weight is 360 g/mol. The number of hydrogen-bond acceptors (Lipinski definition) is 4. The molecule has 4 nitrogen and oxygen atoms in total. The maximum atomic E-state index is 10.8. The number of aromatic hydroxyl groups is 1. The molecule has 1 aliphatic heterocycles. The van der Waals surface area contributed by atoms with Gasteiger partial charge in [-0.25, -0.2) is 0 Å². The van der Waals surface area contributed by atoms with Crippen LogP contribution in [0.25, 0.3) is 6.08 Å². The molecule has 1 N–H and O–H groups in total. The van der Waals surface area contributed by atoms with Crippen LogP contribution >= 0.6 is 0 Å². The van der Waals surface area contributed by atoms with Crippen molar-refractivity contribution in [2.24, 2.45) is 5.92 Å². The number of phenolic OH excluding ortho intramolecular Hbond substituents is 1. The molecule has 0 fully saturated rings. The molecule has 3 atom stereocenters. The molecule has 2 aliphatic rings. The van der Waals surface area contributed by atoms with Crippen molar-refractivity contribution in [2.75, 3.05) is 14.2 Å². The molecule has 0 amide bonds. The largest absolute Gasteiger partial charge is 0.508 e. The fourth-order valence-corrected chi connectivity index (χ4v) is 4.35. The van der Waals surface area contributed by atoms with E-state index in [1.54, 1.807) is 20.3 Å². The molecule has 1 aromatic carbocycles. The summed E-state index contributed by atoms with van der Waals surface area (Å²) < 4.78 is 18.1. The Bertz CT molecular complexity index is 677. The number of phenols is 1. The van der Waals surface area contributed by atoms with Crippen molar-refractivity contribution in [1.29, 1.82) is 0 Å². The lowest BCUT2D eigenvalue weighted by Gasteiger charge is -2.40. The smallest absolute Gasteiger partial charge is 0.134 e. The summed E-state index contributed by atoms with van der Waals surface area (Å²) in [6, 6.07) is 1.80. The van der Waals surface area contributed by atoms with Gasteiger partial charge in [-0.1, -0.05) is 32.3 Å². The maximum Gasteiger partial charge on any atom is 0.134 e. The topological polar surface area (TPSA) is 47.9 Å². The summed E-state index contributed by atoms with van der Waals surface area (Å²) in [5, 5.41) is 10.8. The monoisotopic (exact) mass is 360 g/mol. The normalized spacial score (nSPS) is 26.1. The van der Waals surface area contributed by atoms with Crippen molar-refractivity contribution in [1.82, 2.24) is 0 Å². The lowest BCUT2D eigenvalue weighted by molar-refractivity contribution is -0.0157. The number of unbranched alkanes of at least 4 members (excludes halogenated alkanes) is 2. The van der Waals surface area contributed by atoms with Crippen LogP contribution in [0, 0.1) is 5.92 Å². The van der Waals surface area contributed by atoms with Crippen molar-refractivity contribution >= 4 is 6.08 Å². The zero-order valence-corrected chi connectivity index (χ0v) is 16.7. The third kappa shape index (κ3) is 3.49. The van der Waals surface area contributed by atoms with Crippen LogP contribution < -0.4 is 4.74 Å². The highest BCUT2D eigenvalue weighted by atomic mass is 16.5. The van der Waals surface area contributed by atoms with E-state index in [0.29, 0.717) is 5.92 Å². The second kappa shape index (κ2) is 7.61. The van der Waals surface area contributed by atoms with E-state index in [-0.39, 0.29) is 23.6 Å². The minimum atomic E-state index is -0.378. The molecular weight excluding hydrogens is 328 g/mol. The molecule has 3 rings (SSSR count). The predicted octanol–water partition coefficient (Wildman–Crippen LogP) is 5.55. The third-order valence-electron chi connectivity index (χ3n) is 5.66. The van der Waals surface area contributed by atoms with E-state index in [9.17, 15) is 5.11 Å². The van der Waals surface area contributed by atoms with Gasteiger partial charge in [-0.15, -0.1) is 0 Å². The lowest BCUT2D eigenvalue weighted by atomic mass is 9.75. The van der Waals surface area contributed by atoms with Gasteiger partial charge >= 0.3 is 0 Å². The Kier molecular flexibility index (Phi) is 5.64. The fourth-order valence-electron chi connectivity index (χ4n) is 4.35. The summed E-state index contributed by atoms with van der Waals surface area (Å²) >= 11 is 0. The predicted molar refractivity (Wildman–Crippen MR) is 104 cm³/mol. The Hall–Kier alpha value is -1.52. The zero-order valence-electron chi connectivity index (χ0n) is 16.7. The first-order valence-corrected chi connectivity index (χ1v) is 9.75.